The maximum absolute atomic E-state index is 11.9. The number of anilines is 1. The second-order valence-electron chi connectivity index (χ2n) is 4.23. The Kier molecular flexibility index (Phi) is 5.27. The number of hydrogen-bond acceptors (Lipinski definition) is 8. The summed E-state index contributed by atoms with van der Waals surface area (Å²) in [4.78, 5) is 18.0. The Morgan fingerprint density at radius 2 is 2.35 bits per heavy atom. The van der Waals surface area contributed by atoms with Gasteiger partial charge in [-0.05, 0) is 0 Å². The van der Waals surface area contributed by atoms with Crippen molar-refractivity contribution in [2.75, 3.05) is 45.1 Å². The molecule has 4 N–H and O–H groups in total. The molecule has 0 saturated carbocycles. The van der Waals surface area contributed by atoms with Crippen molar-refractivity contribution >= 4 is 28.1 Å². The van der Waals surface area contributed by atoms with E-state index in [4.69, 9.17) is 15.7 Å². The molecule has 1 amide bonds. The van der Waals surface area contributed by atoms with E-state index in [0.717, 1.165) is 32.8 Å². The molecule has 8 nitrogen and oxygen atoms in total. The number of nitrogen functional groups attached to an aromatic ring is 1. The number of carbonyl (C=O) groups excluding carboxylic acids is 1. The average Bonchev–Trinajstić information content (AvgIpc) is 2.87. The lowest BCUT2D eigenvalue weighted by atomic mass is 10.3. The lowest BCUT2D eigenvalue weighted by Crippen LogP contribution is -2.42. The summed E-state index contributed by atoms with van der Waals surface area (Å²) >= 11 is 1.18. The number of oxime groups is 1. The molecule has 0 radical (unpaired) electrons. The number of rotatable bonds is 5. The second-order valence-corrected chi connectivity index (χ2v) is 5.12. The van der Waals surface area contributed by atoms with Gasteiger partial charge in [-0.3, -0.25) is 9.69 Å². The Morgan fingerprint density at radius 1 is 1.60 bits per heavy atom. The van der Waals surface area contributed by atoms with Crippen molar-refractivity contribution < 1.29 is 14.7 Å². The van der Waals surface area contributed by atoms with Crippen LogP contribution in [0.5, 0.6) is 0 Å². The molecule has 1 fully saturated rings. The Morgan fingerprint density at radius 3 is 2.95 bits per heavy atom. The Bertz CT molecular complexity index is 484. The van der Waals surface area contributed by atoms with Gasteiger partial charge >= 0.3 is 0 Å². The van der Waals surface area contributed by atoms with Gasteiger partial charge in [-0.2, -0.15) is 0 Å². The highest BCUT2D eigenvalue weighted by Crippen LogP contribution is 2.11. The highest BCUT2D eigenvalue weighted by atomic mass is 32.1. The van der Waals surface area contributed by atoms with Gasteiger partial charge in [-0.1, -0.05) is 5.16 Å². The zero-order valence-electron chi connectivity index (χ0n) is 10.9. The average molecular weight is 299 g/mol. The number of nitrogens with zero attached hydrogens (tertiary/aromatic N) is 3. The summed E-state index contributed by atoms with van der Waals surface area (Å²) in [6.07, 6.45) is 0. The van der Waals surface area contributed by atoms with E-state index in [1.54, 1.807) is 5.38 Å². The van der Waals surface area contributed by atoms with Gasteiger partial charge in [0, 0.05) is 31.6 Å². The molecule has 0 aromatic carbocycles. The van der Waals surface area contributed by atoms with E-state index >= 15 is 0 Å². The minimum Gasteiger partial charge on any atom is -0.410 e. The number of carbonyl (C=O) groups is 1. The molecule has 9 heteroatoms. The Balaban J connectivity index is 1.81. The zero-order valence-corrected chi connectivity index (χ0v) is 11.7. The molecule has 0 bridgehead atoms. The van der Waals surface area contributed by atoms with Gasteiger partial charge in [0.2, 0.25) is 0 Å². The molecule has 1 aliphatic rings. The van der Waals surface area contributed by atoms with Crippen LogP contribution in [-0.4, -0.2) is 66.1 Å². The van der Waals surface area contributed by atoms with Crippen molar-refractivity contribution in [3.05, 3.63) is 11.1 Å². The minimum atomic E-state index is -0.467. The Hall–Kier alpha value is -1.71. The number of morpholine rings is 1. The number of amides is 1. The van der Waals surface area contributed by atoms with Crippen LogP contribution in [0.3, 0.4) is 0 Å². The largest absolute Gasteiger partial charge is 0.410 e. The first kappa shape index (κ1) is 14.7. The van der Waals surface area contributed by atoms with Gasteiger partial charge in [0.1, 0.15) is 5.69 Å². The van der Waals surface area contributed by atoms with Crippen molar-refractivity contribution in [2.45, 2.75) is 0 Å². The van der Waals surface area contributed by atoms with Crippen molar-refractivity contribution in [2.24, 2.45) is 5.16 Å². The van der Waals surface area contributed by atoms with Crippen molar-refractivity contribution in [3.8, 4) is 0 Å². The van der Waals surface area contributed by atoms with Crippen LogP contribution in [0.2, 0.25) is 0 Å². The minimum absolute atomic E-state index is 0.125. The van der Waals surface area contributed by atoms with Crippen LogP contribution in [0.4, 0.5) is 5.13 Å². The predicted octanol–water partition coefficient (Wildman–Crippen LogP) is -0.648. The third kappa shape index (κ3) is 3.89. The molecular weight excluding hydrogens is 282 g/mol. The number of hydrogen-bond donors (Lipinski definition) is 3. The molecule has 0 spiro atoms. The van der Waals surface area contributed by atoms with Crippen LogP contribution < -0.4 is 11.1 Å². The summed E-state index contributed by atoms with van der Waals surface area (Å²) in [5, 5.41) is 16.5. The van der Waals surface area contributed by atoms with Gasteiger partial charge < -0.3 is 21.0 Å². The molecule has 0 atom stereocenters. The van der Waals surface area contributed by atoms with Gasteiger partial charge in [-0.15, -0.1) is 11.3 Å². The highest BCUT2D eigenvalue weighted by Gasteiger charge is 2.18. The maximum Gasteiger partial charge on any atom is 0.275 e. The summed E-state index contributed by atoms with van der Waals surface area (Å²) in [5.41, 5.74) is 5.64. The molecule has 2 heterocycles. The van der Waals surface area contributed by atoms with Gasteiger partial charge in [0.25, 0.3) is 5.91 Å². The first-order valence-corrected chi connectivity index (χ1v) is 7.10. The molecule has 1 aliphatic heterocycles. The summed E-state index contributed by atoms with van der Waals surface area (Å²) in [5.74, 6) is -0.467. The molecule has 0 unspecified atom stereocenters. The fourth-order valence-electron chi connectivity index (χ4n) is 1.85. The van der Waals surface area contributed by atoms with Crippen molar-refractivity contribution in [3.63, 3.8) is 0 Å². The van der Waals surface area contributed by atoms with E-state index < -0.39 is 5.91 Å². The van der Waals surface area contributed by atoms with Crippen LogP contribution >= 0.6 is 11.3 Å². The predicted molar refractivity (Wildman–Crippen MR) is 75.1 cm³/mol. The van der Waals surface area contributed by atoms with Crippen LogP contribution in [0.25, 0.3) is 0 Å². The first-order valence-electron chi connectivity index (χ1n) is 6.22. The molecular formula is C11H17N5O3S. The topological polar surface area (TPSA) is 113 Å². The molecule has 1 aromatic heterocycles. The van der Waals surface area contributed by atoms with E-state index in [0.29, 0.717) is 11.7 Å². The fraction of sp³-hybridized carbons (Fsp3) is 0.545. The van der Waals surface area contributed by atoms with Crippen LogP contribution in [0, 0.1) is 0 Å². The van der Waals surface area contributed by atoms with Crippen LogP contribution in [0.1, 0.15) is 5.69 Å². The SMILES string of the molecule is Nc1nc(C(=NO)C(=O)NCCN2CCOCC2)cs1. The van der Waals surface area contributed by atoms with Crippen molar-refractivity contribution in [1.82, 2.24) is 15.2 Å². The van der Waals surface area contributed by atoms with Gasteiger partial charge in [0.15, 0.2) is 10.8 Å². The monoisotopic (exact) mass is 299 g/mol. The molecule has 110 valence electrons. The number of aromatic nitrogens is 1. The van der Waals surface area contributed by atoms with Gasteiger partial charge in [0.05, 0.1) is 13.2 Å². The van der Waals surface area contributed by atoms with Crippen molar-refractivity contribution in [1.29, 1.82) is 0 Å². The zero-order chi connectivity index (χ0) is 14.4. The van der Waals surface area contributed by atoms with E-state index in [9.17, 15) is 4.79 Å². The lowest BCUT2D eigenvalue weighted by Gasteiger charge is -2.26. The molecule has 1 aromatic rings. The van der Waals surface area contributed by atoms with E-state index in [-0.39, 0.29) is 11.4 Å². The third-order valence-electron chi connectivity index (χ3n) is 2.90. The standard InChI is InChI=1S/C11H17N5O3S/c12-11-14-8(7-20-11)9(15-18)10(17)13-1-2-16-3-5-19-6-4-16/h7,18H,1-6H2,(H2,12,14)(H,13,17). The molecule has 0 aliphatic carbocycles. The summed E-state index contributed by atoms with van der Waals surface area (Å²) in [6, 6.07) is 0. The Labute approximate surface area is 120 Å². The molecule has 20 heavy (non-hydrogen) atoms. The van der Waals surface area contributed by atoms with E-state index in [1.165, 1.54) is 11.3 Å². The number of nitrogens with one attached hydrogen (secondary N) is 1. The van der Waals surface area contributed by atoms with Crippen LogP contribution in [-0.2, 0) is 9.53 Å². The van der Waals surface area contributed by atoms with Gasteiger partial charge in [-0.25, -0.2) is 4.98 Å². The number of ether oxygens (including phenoxy) is 1. The second kappa shape index (κ2) is 7.17. The van der Waals surface area contributed by atoms with E-state index in [1.807, 2.05) is 0 Å². The fourth-order valence-corrected chi connectivity index (χ4v) is 2.39. The molecule has 2 rings (SSSR count). The lowest BCUT2D eigenvalue weighted by molar-refractivity contribution is -0.114. The third-order valence-corrected chi connectivity index (χ3v) is 3.57. The maximum atomic E-state index is 11.9. The van der Waals surface area contributed by atoms with E-state index in [2.05, 4.69) is 20.4 Å². The quantitative estimate of drug-likeness (QED) is 0.378. The first-order chi connectivity index (χ1) is 9.70. The summed E-state index contributed by atoms with van der Waals surface area (Å²) in [7, 11) is 0. The smallest absolute Gasteiger partial charge is 0.275 e. The number of nitrogens with two attached hydrogens (primary N) is 1. The van der Waals surface area contributed by atoms with Crippen LogP contribution in [0.15, 0.2) is 10.5 Å². The normalized spacial score (nSPS) is 17.1. The summed E-state index contributed by atoms with van der Waals surface area (Å²) < 4.78 is 5.24. The number of thiazole rings is 1. The molecule has 1 saturated heterocycles. The summed E-state index contributed by atoms with van der Waals surface area (Å²) in [6.45, 7) is 4.36. The highest BCUT2D eigenvalue weighted by molar-refractivity contribution is 7.13.